The minimum atomic E-state index is 0.918. The van der Waals surface area contributed by atoms with E-state index in [4.69, 9.17) is 0 Å². The van der Waals surface area contributed by atoms with Gasteiger partial charge in [0.2, 0.25) is 0 Å². The van der Waals surface area contributed by atoms with E-state index in [0.29, 0.717) is 0 Å². The number of nitrogens with zero attached hydrogens (tertiary/aromatic N) is 3. The summed E-state index contributed by atoms with van der Waals surface area (Å²) in [6.07, 6.45) is 7.61. The average Bonchev–Trinajstić information content (AvgIpc) is 3.18. The first-order valence-electron chi connectivity index (χ1n) is 8.59. The predicted molar refractivity (Wildman–Crippen MR) is 102 cm³/mol. The lowest BCUT2D eigenvalue weighted by Gasteiger charge is -2.28. The molecule has 0 spiro atoms. The summed E-state index contributed by atoms with van der Waals surface area (Å²) in [6, 6.07) is 14.3. The van der Waals surface area contributed by atoms with Crippen LogP contribution in [0.5, 0.6) is 0 Å². The molecule has 4 heterocycles. The Kier molecular flexibility index (Phi) is 4.57. The van der Waals surface area contributed by atoms with Crippen molar-refractivity contribution in [3.8, 4) is 11.3 Å². The van der Waals surface area contributed by atoms with Gasteiger partial charge in [-0.15, -0.1) is 0 Å². The molecular formula is C20H21N5. The van der Waals surface area contributed by atoms with E-state index < -0.39 is 0 Å². The molecule has 3 aromatic heterocycles. The Morgan fingerprint density at radius 1 is 0.880 bits per heavy atom. The van der Waals surface area contributed by atoms with Crippen molar-refractivity contribution in [1.82, 2.24) is 20.3 Å². The monoisotopic (exact) mass is 331 g/mol. The summed E-state index contributed by atoms with van der Waals surface area (Å²) in [5.41, 5.74) is 4.09. The molecule has 5 nitrogen and oxygen atoms in total. The van der Waals surface area contributed by atoms with Gasteiger partial charge in [-0.2, -0.15) is 0 Å². The molecule has 4 rings (SSSR count). The molecule has 1 fully saturated rings. The summed E-state index contributed by atoms with van der Waals surface area (Å²) in [6.45, 7) is 4.14. The molecule has 0 unspecified atom stereocenters. The minimum absolute atomic E-state index is 0.918. The van der Waals surface area contributed by atoms with Crippen LogP contribution in [0, 0.1) is 0 Å². The van der Waals surface area contributed by atoms with Crippen LogP contribution in [-0.4, -0.2) is 41.1 Å². The highest BCUT2D eigenvalue weighted by atomic mass is 15.2. The lowest BCUT2D eigenvalue weighted by atomic mass is 10.1. The van der Waals surface area contributed by atoms with Crippen molar-refractivity contribution in [2.45, 2.75) is 0 Å². The summed E-state index contributed by atoms with van der Waals surface area (Å²) in [5.74, 6) is 1.18. The number of anilines is 1. The van der Waals surface area contributed by atoms with Gasteiger partial charge in [-0.3, -0.25) is 9.97 Å². The first-order valence-corrected chi connectivity index (χ1v) is 8.59. The van der Waals surface area contributed by atoms with Crippen molar-refractivity contribution in [3.63, 3.8) is 0 Å². The van der Waals surface area contributed by atoms with Crippen molar-refractivity contribution in [3.05, 3.63) is 66.2 Å². The lowest BCUT2D eigenvalue weighted by molar-refractivity contribution is 0.586. The van der Waals surface area contributed by atoms with Gasteiger partial charge in [0.25, 0.3) is 0 Å². The predicted octanol–water partition coefficient (Wildman–Crippen LogP) is 3.05. The quantitative estimate of drug-likeness (QED) is 0.771. The molecule has 5 heteroatoms. The molecule has 25 heavy (non-hydrogen) atoms. The van der Waals surface area contributed by atoms with Crippen molar-refractivity contribution in [2.24, 2.45) is 0 Å². The highest BCUT2D eigenvalue weighted by Gasteiger charge is 2.12. The Balaban J connectivity index is 1.53. The van der Waals surface area contributed by atoms with Gasteiger partial charge in [0.05, 0.1) is 11.4 Å². The summed E-state index contributed by atoms with van der Waals surface area (Å²) < 4.78 is 0. The minimum Gasteiger partial charge on any atom is -0.356 e. The first kappa shape index (κ1) is 15.6. The molecule has 0 amide bonds. The fraction of sp³-hybridized carbons (Fsp3) is 0.200. The van der Waals surface area contributed by atoms with E-state index in [2.05, 4.69) is 43.4 Å². The second kappa shape index (κ2) is 7.32. The van der Waals surface area contributed by atoms with Crippen LogP contribution in [0.25, 0.3) is 23.4 Å². The fourth-order valence-electron chi connectivity index (χ4n) is 2.99. The van der Waals surface area contributed by atoms with Gasteiger partial charge in [-0.05, 0) is 48.6 Å². The van der Waals surface area contributed by atoms with E-state index in [-0.39, 0.29) is 0 Å². The smallest absolute Gasteiger partial charge is 0.106 e. The van der Waals surface area contributed by atoms with Gasteiger partial charge < -0.3 is 15.2 Å². The lowest BCUT2D eigenvalue weighted by Crippen LogP contribution is -2.43. The number of nitrogens with one attached hydrogen (secondary N) is 2. The van der Waals surface area contributed by atoms with Crippen LogP contribution in [0.3, 0.4) is 0 Å². The molecule has 0 saturated carbocycles. The van der Waals surface area contributed by atoms with Crippen LogP contribution in [0.15, 0.2) is 54.9 Å². The van der Waals surface area contributed by atoms with Gasteiger partial charge in [-0.1, -0.05) is 6.07 Å². The molecule has 0 atom stereocenters. The fourth-order valence-corrected chi connectivity index (χ4v) is 2.99. The number of aromatic nitrogens is 3. The zero-order valence-corrected chi connectivity index (χ0v) is 14.0. The van der Waals surface area contributed by atoms with Crippen LogP contribution in [0.4, 0.5) is 5.82 Å². The molecule has 0 aliphatic carbocycles. The van der Waals surface area contributed by atoms with Gasteiger partial charge >= 0.3 is 0 Å². The average molecular weight is 331 g/mol. The van der Waals surface area contributed by atoms with Crippen molar-refractivity contribution in [1.29, 1.82) is 0 Å². The number of piperazine rings is 1. The molecule has 1 aliphatic rings. The summed E-state index contributed by atoms with van der Waals surface area (Å²) in [4.78, 5) is 14.6. The maximum Gasteiger partial charge on any atom is 0.106 e. The Labute approximate surface area is 147 Å². The van der Waals surface area contributed by atoms with Gasteiger partial charge in [-0.25, -0.2) is 0 Å². The summed E-state index contributed by atoms with van der Waals surface area (Å²) in [7, 11) is 0. The zero-order valence-electron chi connectivity index (χ0n) is 14.0. The molecule has 2 N–H and O–H groups in total. The molecule has 1 saturated heterocycles. The number of hydrogen-bond donors (Lipinski definition) is 2. The van der Waals surface area contributed by atoms with E-state index in [9.17, 15) is 0 Å². The number of H-pyrrole nitrogens is 1. The van der Waals surface area contributed by atoms with Gasteiger partial charge in [0.15, 0.2) is 0 Å². The van der Waals surface area contributed by atoms with E-state index in [1.165, 1.54) is 5.82 Å². The number of rotatable bonds is 4. The molecule has 0 aromatic carbocycles. The van der Waals surface area contributed by atoms with Crippen LogP contribution in [-0.2, 0) is 0 Å². The second-order valence-electron chi connectivity index (χ2n) is 6.05. The van der Waals surface area contributed by atoms with E-state index in [0.717, 1.165) is 48.8 Å². The summed E-state index contributed by atoms with van der Waals surface area (Å²) >= 11 is 0. The Morgan fingerprint density at radius 2 is 1.72 bits per heavy atom. The third-order valence-electron chi connectivity index (χ3n) is 4.33. The van der Waals surface area contributed by atoms with Crippen molar-refractivity contribution in [2.75, 3.05) is 31.1 Å². The number of aromatic amines is 1. The Bertz CT molecular complexity index is 847. The van der Waals surface area contributed by atoms with E-state index in [1.54, 1.807) is 6.20 Å². The van der Waals surface area contributed by atoms with E-state index in [1.807, 2.05) is 42.6 Å². The summed E-state index contributed by atoms with van der Waals surface area (Å²) in [5, 5.41) is 3.38. The van der Waals surface area contributed by atoms with Crippen LogP contribution < -0.4 is 10.2 Å². The molecular weight excluding hydrogens is 310 g/mol. The number of pyridine rings is 2. The Hall–Kier alpha value is -2.92. The Morgan fingerprint density at radius 3 is 2.56 bits per heavy atom. The topological polar surface area (TPSA) is 56.8 Å². The third kappa shape index (κ3) is 3.78. The normalized spacial score (nSPS) is 15.0. The van der Waals surface area contributed by atoms with Crippen LogP contribution >= 0.6 is 0 Å². The maximum atomic E-state index is 4.43. The second-order valence-corrected chi connectivity index (χ2v) is 6.05. The molecule has 1 aliphatic heterocycles. The standard InChI is InChI=1S/C20H21N5/c1-2-9-22-17(3-1)4-5-18-15-16(8-10-23-18)19-6-7-20(24-19)25-13-11-21-12-14-25/h1-10,15,21,24H,11-14H2/b5-4+. The highest BCUT2D eigenvalue weighted by Crippen LogP contribution is 2.23. The highest BCUT2D eigenvalue weighted by molar-refractivity contribution is 5.70. The molecule has 3 aromatic rings. The molecule has 0 bridgehead atoms. The largest absolute Gasteiger partial charge is 0.356 e. The SMILES string of the molecule is C(=C\c1cc(-c2ccc(N3CCNCC3)[nH]2)ccn1)/c1ccccn1. The van der Waals surface area contributed by atoms with Crippen LogP contribution in [0.2, 0.25) is 0 Å². The van der Waals surface area contributed by atoms with Crippen molar-refractivity contribution >= 4 is 18.0 Å². The third-order valence-corrected chi connectivity index (χ3v) is 4.33. The number of hydrogen-bond acceptors (Lipinski definition) is 4. The van der Waals surface area contributed by atoms with E-state index >= 15 is 0 Å². The maximum absolute atomic E-state index is 4.43. The molecule has 0 radical (unpaired) electrons. The zero-order chi connectivity index (χ0) is 16.9. The first-order chi connectivity index (χ1) is 12.4. The van der Waals surface area contributed by atoms with Crippen LogP contribution in [0.1, 0.15) is 11.4 Å². The molecule has 126 valence electrons. The van der Waals surface area contributed by atoms with Crippen molar-refractivity contribution < 1.29 is 0 Å². The van der Waals surface area contributed by atoms with Gasteiger partial charge in [0.1, 0.15) is 5.82 Å². The van der Waals surface area contributed by atoms with Gasteiger partial charge in [0, 0.05) is 49.8 Å².